The van der Waals surface area contributed by atoms with E-state index >= 15 is 0 Å². The van der Waals surface area contributed by atoms with Crippen LogP contribution in [-0.4, -0.2) is 100 Å². The molecule has 2 N–H and O–H groups in total. The Hall–Kier alpha value is -3.53. The van der Waals surface area contributed by atoms with Gasteiger partial charge >= 0.3 is 5.97 Å². The highest BCUT2D eigenvalue weighted by Crippen LogP contribution is 2.48. The molecule has 6 aliphatic rings. The van der Waals surface area contributed by atoms with Crippen molar-refractivity contribution in [3.8, 4) is 16.9 Å². The molecule has 5 aliphatic heterocycles. The molecule has 40 heavy (non-hydrogen) atoms. The molecule has 4 atom stereocenters. The SMILES string of the molecule is CC(O)C1C(=O)N2C(C(=O)O)=C(COc3cccc4c3-c3ccc(C[N+]56CCN(CC5)CC6)cc3C4=O)[C@H](C)C12. The minimum Gasteiger partial charge on any atom is -0.488 e. The summed E-state index contributed by atoms with van der Waals surface area (Å²) in [5.41, 5.74) is 4.48. The van der Waals surface area contributed by atoms with Crippen molar-refractivity contribution in [1.29, 1.82) is 0 Å². The summed E-state index contributed by atoms with van der Waals surface area (Å²) in [6.07, 6.45) is -0.861. The number of carbonyl (C=O) groups excluding carboxylic acids is 2. The van der Waals surface area contributed by atoms with Gasteiger partial charge in [-0.3, -0.25) is 14.5 Å². The van der Waals surface area contributed by atoms with Gasteiger partial charge in [0.25, 0.3) is 0 Å². The molecule has 9 heteroatoms. The van der Waals surface area contributed by atoms with Crippen LogP contribution in [0.2, 0.25) is 0 Å². The molecule has 208 valence electrons. The van der Waals surface area contributed by atoms with Gasteiger partial charge in [-0.25, -0.2) is 4.79 Å². The van der Waals surface area contributed by atoms with E-state index in [0.717, 1.165) is 61.4 Å². The molecule has 2 aromatic rings. The predicted octanol–water partition coefficient (Wildman–Crippen LogP) is 2.12. The summed E-state index contributed by atoms with van der Waals surface area (Å²) in [5.74, 6) is -1.95. The zero-order valence-corrected chi connectivity index (χ0v) is 22.8. The number of hydrogen-bond donors (Lipinski definition) is 2. The number of aliphatic carboxylic acids is 1. The number of ketones is 1. The lowest BCUT2D eigenvalue weighted by atomic mass is 9.78. The summed E-state index contributed by atoms with van der Waals surface area (Å²) in [7, 11) is 0. The summed E-state index contributed by atoms with van der Waals surface area (Å²) in [4.78, 5) is 42.2. The van der Waals surface area contributed by atoms with Crippen molar-refractivity contribution in [2.45, 2.75) is 32.5 Å². The summed E-state index contributed by atoms with van der Waals surface area (Å²) in [5, 5.41) is 20.1. The number of carboxylic acid groups (broad SMARTS) is 1. The molecule has 1 amide bonds. The van der Waals surface area contributed by atoms with Gasteiger partial charge in [0.1, 0.15) is 24.6 Å². The molecule has 4 fully saturated rings. The quantitative estimate of drug-likeness (QED) is 0.347. The minimum absolute atomic E-state index is 0.0186. The van der Waals surface area contributed by atoms with Crippen molar-refractivity contribution in [2.75, 3.05) is 45.9 Å². The Labute approximate surface area is 232 Å². The van der Waals surface area contributed by atoms with Crippen LogP contribution in [0, 0.1) is 11.8 Å². The van der Waals surface area contributed by atoms with E-state index in [9.17, 15) is 24.6 Å². The van der Waals surface area contributed by atoms with Crippen LogP contribution in [0.25, 0.3) is 11.1 Å². The van der Waals surface area contributed by atoms with Gasteiger partial charge in [-0.1, -0.05) is 31.2 Å². The topological polar surface area (TPSA) is 107 Å². The van der Waals surface area contributed by atoms with Crippen LogP contribution >= 0.6 is 0 Å². The maximum Gasteiger partial charge on any atom is 0.352 e. The average Bonchev–Trinajstić information content (AvgIpc) is 3.36. The average molecular weight is 545 g/mol. The van der Waals surface area contributed by atoms with E-state index in [0.29, 0.717) is 22.4 Å². The number of aliphatic hydroxyl groups excluding tert-OH is 1. The number of aliphatic hydroxyl groups is 1. The Balaban J connectivity index is 1.16. The lowest BCUT2D eigenvalue weighted by molar-refractivity contribution is -0.953. The third-order valence-corrected chi connectivity index (χ3v) is 9.96. The van der Waals surface area contributed by atoms with Crippen molar-refractivity contribution < 1.29 is 33.8 Å². The molecule has 0 spiro atoms. The first-order valence-corrected chi connectivity index (χ1v) is 14.2. The lowest BCUT2D eigenvalue weighted by Crippen LogP contribution is -2.66. The molecular formula is C31H34N3O6+. The van der Waals surface area contributed by atoms with E-state index in [1.165, 1.54) is 10.5 Å². The summed E-state index contributed by atoms with van der Waals surface area (Å²) in [6, 6.07) is 11.2. The number of carbonyl (C=O) groups is 3. The predicted molar refractivity (Wildman–Crippen MR) is 145 cm³/mol. The number of amides is 1. The van der Waals surface area contributed by atoms with E-state index in [4.69, 9.17) is 4.74 Å². The fourth-order valence-corrected chi connectivity index (χ4v) is 7.70. The number of piperazine rings is 3. The maximum absolute atomic E-state index is 13.5. The summed E-state index contributed by atoms with van der Waals surface area (Å²) >= 11 is 0. The number of rotatable bonds is 7. The first-order valence-electron chi connectivity index (χ1n) is 14.2. The monoisotopic (exact) mass is 544 g/mol. The fourth-order valence-electron chi connectivity index (χ4n) is 7.70. The Kier molecular flexibility index (Phi) is 5.72. The van der Waals surface area contributed by atoms with E-state index in [1.807, 2.05) is 25.1 Å². The summed E-state index contributed by atoms with van der Waals surface area (Å²) in [6.45, 7) is 11.2. The minimum atomic E-state index is -1.18. The normalized spacial score (nSPS) is 30.6. The Morgan fingerprint density at radius 1 is 1.07 bits per heavy atom. The molecule has 5 heterocycles. The fraction of sp³-hybridized carbons (Fsp3) is 0.452. The number of ether oxygens (including phenoxy) is 1. The number of quaternary nitrogens is 1. The van der Waals surface area contributed by atoms with Crippen LogP contribution in [0.4, 0.5) is 0 Å². The van der Waals surface area contributed by atoms with Crippen molar-refractivity contribution >= 4 is 17.7 Å². The van der Waals surface area contributed by atoms with Gasteiger partial charge in [0.15, 0.2) is 5.78 Å². The second-order valence-electron chi connectivity index (χ2n) is 12.1. The van der Waals surface area contributed by atoms with Gasteiger partial charge in [0.2, 0.25) is 5.91 Å². The number of nitrogens with zero attached hydrogens (tertiary/aromatic N) is 3. The zero-order chi connectivity index (χ0) is 27.9. The second kappa shape index (κ2) is 8.99. The Bertz CT molecular complexity index is 1470. The largest absolute Gasteiger partial charge is 0.488 e. The molecule has 9 nitrogen and oxygen atoms in total. The molecular weight excluding hydrogens is 510 g/mol. The smallest absolute Gasteiger partial charge is 0.352 e. The molecule has 2 bridgehead atoms. The van der Waals surface area contributed by atoms with Gasteiger partial charge in [0, 0.05) is 53.4 Å². The zero-order valence-electron chi connectivity index (χ0n) is 22.8. The van der Waals surface area contributed by atoms with Crippen LogP contribution in [0.3, 0.4) is 0 Å². The van der Waals surface area contributed by atoms with Gasteiger partial charge < -0.3 is 24.3 Å². The third kappa shape index (κ3) is 3.61. The number of benzene rings is 2. The van der Waals surface area contributed by atoms with E-state index in [-0.39, 0.29) is 29.9 Å². The highest BCUT2D eigenvalue weighted by atomic mass is 16.5. The van der Waals surface area contributed by atoms with Crippen LogP contribution in [0.15, 0.2) is 47.7 Å². The standard InChI is InChI=1S/C31H33N3O6/c1-17-23(28(31(38)39)33-27(17)25(18(2)35)30(33)37)16-40-24-5-3-4-21-26(24)20-7-6-19(14-22(20)29(21)36)15-34-11-8-32(9-12-34)10-13-34/h3-7,14,17-18,25,27,35H,8-13,15-16H2,1-2H3/p+1/t17-,18?,25?,27?/m0/s1. The lowest BCUT2D eigenvalue weighted by Gasteiger charge is -2.50. The molecule has 4 saturated heterocycles. The van der Waals surface area contributed by atoms with Crippen LogP contribution in [-0.2, 0) is 16.1 Å². The number of hydrogen-bond acceptors (Lipinski definition) is 6. The van der Waals surface area contributed by atoms with Crippen molar-refractivity contribution in [1.82, 2.24) is 9.80 Å². The molecule has 8 rings (SSSR count). The van der Waals surface area contributed by atoms with Crippen molar-refractivity contribution in [2.24, 2.45) is 11.8 Å². The van der Waals surface area contributed by atoms with Crippen molar-refractivity contribution in [3.05, 3.63) is 64.4 Å². The number of carboxylic acids is 1. The van der Waals surface area contributed by atoms with Gasteiger partial charge in [-0.15, -0.1) is 0 Å². The molecule has 0 saturated carbocycles. The molecule has 2 aromatic carbocycles. The highest BCUT2D eigenvalue weighted by molar-refractivity contribution is 6.22. The first-order chi connectivity index (χ1) is 19.2. The van der Waals surface area contributed by atoms with Crippen LogP contribution in [0.5, 0.6) is 5.75 Å². The van der Waals surface area contributed by atoms with E-state index < -0.39 is 24.0 Å². The number of β-lactam (4-membered cyclic amide) rings is 1. The highest BCUT2D eigenvalue weighted by Gasteiger charge is 2.59. The number of fused-ring (bicyclic) bond motifs is 7. The maximum atomic E-state index is 13.5. The Morgan fingerprint density at radius 3 is 2.48 bits per heavy atom. The van der Waals surface area contributed by atoms with Gasteiger partial charge in [-0.2, -0.15) is 0 Å². The van der Waals surface area contributed by atoms with Crippen LogP contribution < -0.4 is 4.74 Å². The summed E-state index contributed by atoms with van der Waals surface area (Å²) < 4.78 is 7.34. The van der Waals surface area contributed by atoms with E-state index in [1.54, 1.807) is 19.1 Å². The van der Waals surface area contributed by atoms with Crippen LogP contribution in [0.1, 0.15) is 35.3 Å². The first kappa shape index (κ1) is 25.4. The second-order valence-corrected chi connectivity index (χ2v) is 12.1. The molecule has 1 aliphatic carbocycles. The Morgan fingerprint density at radius 2 is 1.80 bits per heavy atom. The third-order valence-electron chi connectivity index (χ3n) is 9.96. The van der Waals surface area contributed by atoms with E-state index in [2.05, 4.69) is 11.0 Å². The van der Waals surface area contributed by atoms with Crippen molar-refractivity contribution in [3.63, 3.8) is 0 Å². The molecule has 0 radical (unpaired) electrons. The van der Waals surface area contributed by atoms with Gasteiger partial charge in [-0.05, 0) is 24.6 Å². The van der Waals surface area contributed by atoms with Gasteiger partial charge in [0.05, 0.1) is 37.7 Å². The molecule has 3 unspecified atom stereocenters. The molecule has 0 aromatic heterocycles.